The molecule has 2 rings (SSSR count). The largest absolute Gasteiger partial charge is 0.346 e. The molecule has 1 fully saturated rings. The Balaban J connectivity index is 1.94. The van der Waals surface area contributed by atoms with Crippen molar-refractivity contribution in [2.45, 2.75) is 12.7 Å². The minimum atomic E-state index is -0.199. The lowest BCUT2D eigenvalue weighted by molar-refractivity contribution is -0.0122. The molecule has 0 aromatic heterocycles. The third-order valence-electron chi connectivity index (χ3n) is 2.23. The van der Waals surface area contributed by atoms with E-state index in [2.05, 4.69) is 18.7 Å². The normalized spacial score (nSPS) is 17.1. The van der Waals surface area contributed by atoms with E-state index in [4.69, 9.17) is 9.47 Å². The van der Waals surface area contributed by atoms with Crippen LogP contribution in [0, 0.1) is 0 Å². The first-order valence-corrected chi connectivity index (χ1v) is 4.81. The molecule has 0 aliphatic carbocycles. The third kappa shape index (κ3) is 2.22. The highest BCUT2D eigenvalue weighted by Crippen LogP contribution is 2.16. The van der Waals surface area contributed by atoms with E-state index >= 15 is 0 Å². The van der Waals surface area contributed by atoms with Gasteiger partial charge in [0.25, 0.3) is 0 Å². The van der Waals surface area contributed by atoms with Crippen LogP contribution in [0.5, 0.6) is 0 Å². The SMILES string of the molecule is C=C(Cc1ccccc1)C1OCCO1. The fraction of sp³-hybridized carbons (Fsp3) is 0.333. The molecule has 1 saturated heterocycles. The van der Waals surface area contributed by atoms with Gasteiger partial charge in [-0.3, -0.25) is 0 Å². The van der Waals surface area contributed by atoms with Crippen molar-refractivity contribution >= 4 is 0 Å². The van der Waals surface area contributed by atoms with E-state index in [9.17, 15) is 0 Å². The van der Waals surface area contributed by atoms with Gasteiger partial charge in [0.1, 0.15) is 0 Å². The first kappa shape index (κ1) is 9.44. The Kier molecular flexibility index (Phi) is 2.96. The molecule has 0 amide bonds. The quantitative estimate of drug-likeness (QED) is 0.680. The Labute approximate surface area is 84.2 Å². The number of benzene rings is 1. The zero-order chi connectivity index (χ0) is 9.80. The second kappa shape index (κ2) is 4.40. The summed E-state index contributed by atoms with van der Waals surface area (Å²) in [6, 6.07) is 10.2. The van der Waals surface area contributed by atoms with Crippen LogP contribution in [-0.4, -0.2) is 19.5 Å². The van der Waals surface area contributed by atoms with Gasteiger partial charge in [0, 0.05) is 0 Å². The molecule has 1 aromatic carbocycles. The maximum absolute atomic E-state index is 5.37. The standard InChI is InChI=1S/C12H14O2/c1-10(12-13-7-8-14-12)9-11-5-3-2-4-6-11/h2-6,12H,1,7-9H2. The van der Waals surface area contributed by atoms with Crippen LogP contribution in [0.15, 0.2) is 42.5 Å². The van der Waals surface area contributed by atoms with Crippen molar-refractivity contribution in [3.63, 3.8) is 0 Å². The summed E-state index contributed by atoms with van der Waals surface area (Å²) in [6.45, 7) is 5.34. The lowest BCUT2D eigenvalue weighted by Gasteiger charge is -2.12. The molecular formula is C12H14O2. The number of hydrogen-bond acceptors (Lipinski definition) is 2. The molecule has 0 spiro atoms. The first-order chi connectivity index (χ1) is 6.86. The van der Waals surface area contributed by atoms with Crippen LogP contribution in [0.3, 0.4) is 0 Å². The molecule has 0 atom stereocenters. The summed E-state index contributed by atoms with van der Waals surface area (Å²) in [7, 11) is 0. The van der Waals surface area contributed by atoms with Crippen molar-refractivity contribution in [3.8, 4) is 0 Å². The van der Waals surface area contributed by atoms with E-state index in [1.165, 1.54) is 5.56 Å². The predicted octanol–water partition coefficient (Wildman–Crippen LogP) is 2.16. The van der Waals surface area contributed by atoms with Gasteiger partial charge in [-0.1, -0.05) is 36.9 Å². The highest BCUT2D eigenvalue weighted by molar-refractivity contribution is 5.21. The molecule has 0 N–H and O–H groups in total. The van der Waals surface area contributed by atoms with E-state index in [-0.39, 0.29) is 6.29 Å². The molecule has 74 valence electrons. The Morgan fingerprint density at radius 2 is 1.86 bits per heavy atom. The summed E-state index contributed by atoms with van der Waals surface area (Å²) in [4.78, 5) is 0. The third-order valence-corrected chi connectivity index (χ3v) is 2.23. The monoisotopic (exact) mass is 190 g/mol. The minimum Gasteiger partial charge on any atom is -0.346 e. The number of rotatable bonds is 3. The Hall–Kier alpha value is -1.12. The van der Waals surface area contributed by atoms with E-state index in [1.807, 2.05) is 18.2 Å². The second-order valence-electron chi connectivity index (χ2n) is 3.39. The van der Waals surface area contributed by atoms with E-state index in [0.29, 0.717) is 13.2 Å². The topological polar surface area (TPSA) is 18.5 Å². The van der Waals surface area contributed by atoms with Gasteiger partial charge in [-0.2, -0.15) is 0 Å². The van der Waals surface area contributed by atoms with Crippen LogP contribution in [0.2, 0.25) is 0 Å². The van der Waals surface area contributed by atoms with Gasteiger partial charge < -0.3 is 9.47 Å². The highest BCUT2D eigenvalue weighted by atomic mass is 16.7. The van der Waals surface area contributed by atoms with Gasteiger partial charge in [0.05, 0.1) is 13.2 Å². The van der Waals surface area contributed by atoms with Crippen LogP contribution >= 0.6 is 0 Å². The number of ether oxygens (including phenoxy) is 2. The molecule has 1 aromatic rings. The van der Waals surface area contributed by atoms with Crippen molar-refractivity contribution in [2.24, 2.45) is 0 Å². The molecule has 1 aliphatic heterocycles. The Bertz CT molecular complexity index is 299. The molecule has 1 heterocycles. The highest BCUT2D eigenvalue weighted by Gasteiger charge is 2.18. The fourth-order valence-electron chi connectivity index (χ4n) is 1.54. The van der Waals surface area contributed by atoms with Crippen LogP contribution in [0.25, 0.3) is 0 Å². The number of hydrogen-bond donors (Lipinski definition) is 0. The molecule has 0 saturated carbocycles. The van der Waals surface area contributed by atoms with Crippen molar-refractivity contribution in [1.29, 1.82) is 0 Å². The van der Waals surface area contributed by atoms with E-state index in [1.54, 1.807) is 0 Å². The first-order valence-electron chi connectivity index (χ1n) is 4.81. The van der Waals surface area contributed by atoms with Crippen LogP contribution in [-0.2, 0) is 15.9 Å². The Morgan fingerprint density at radius 1 is 1.21 bits per heavy atom. The van der Waals surface area contributed by atoms with Gasteiger partial charge in [0.2, 0.25) is 0 Å². The summed E-state index contributed by atoms with van der Waals surface area (Å²) in [5.41, 5.74) is 2.24. The summed E-state index contributed by atoms with van der Waals surface area (Å²) in [5.74, 6) is 0. The summed E-state index contributed by atoms with van der Waals surface area (Å²) < 4.78 is 10.7. The van der Waals surface area contributed by atoms with Gasteiger partial charge in [0.15, 0.2) is 6.29 Å². The summed E-state index contributed by atoms with van der Waals surface area (Å²) >= 11 is 0. The lowest BCUT2D eigenvalue weighted by atomic mass is 10.1. The van der Waals surface area contributed by atoms with Gasteiger partial charge >= 0.3 is 0 Å². The predicted molar refractivity (Wildman–Crippen MR) is 55.0 cm³/mol. The molecular weight excluding hydrogens is 176 g/mol. The summed E-state index contributed by atoms with van der Waals surface area (Å²) in [5, 5.41) is 0. The van der Waals surface area contributed by atoms with E-state index < -0.39 is 0 Å². The van der Waals surface area contributed by atoms with Crippen molar-refractivity contribution in [2.75, 3.05) is 13.2 Å². The van der Waals surface area contributed by atoms with Crippen LogP contribution < -0.4 is 0 Å². The molecule has 0 unspecified atom stereocenters. The molecule has 14 heavy (non-hydrogen) atoms. The molecule has 0 bridgehead atoms. The van der Waals surface area contributed by atoms with Crippen LogP contribution in [0.4, 0.5) is 0 Å². The zero-order valence-electron chi connectivity index (χ0n) is 8.11. The van der Waals surface area contributed by atoms with Crippen molar-refractivity contribution in [1.82, 2.24) is 0 Å². The average molecular weight is 190 g/mol. The molecule has 0 radical (unpaired) electrons. The summed E-state index contributed by atoms with van der Waals surface area (Å²) in [6.07, 6.45) is 0.626. The van der Waals surface area contributed by atoms with Gasteiger partial charge in [-0.25, -0.2) is 0 Å². The van der Waals surface area contributed by atoms with Gasteiger partial charge in [-0.15, -0.1) is 0 Å². The molecule has 2 nitrogen and oxygen atoms in total. The van der Waals surface area contributed by atoms with Gasteiger partial charge in [-0.05, 0) is 17.6 Å². The zero-order valence-corrected chi connectivity index (χ0v) is 8.11. The minimum absolute atomic E-state index is 0.199. The van der Waals surface area contributed by atoms with Crippen molar-refractivity contribution in [3.05, 3.63) is 48.0 Å². The lowest BCUT2D eigenvalue weighted by Crippen LogP contribution is -2.12. The molecule has 2 heteroatoms. The molecule has 1 aliphatic rings. The maximum Gasteiger partial charge on any atom is 0.180 e. The maximum atomic E-state index is 5.37. The average Bonchev–Trinajstić information content (AvgIpc) is 2.72. The fourth-order valence-corrected chi connectivity index (χ4v) is 1.54. The Morgan fingerprint density at radius 3 is 2.50 bits per heavy atom. The van der Waals surface area contributed by atoms with Crippen LogP contribution in [0.1, 0.15) is 5.56 Å². The van der Waals surface area contributed by atoms with Crippen molar-refractivity contribution < 1.29 is 9.47 Å². The van der Waals surface area contributed by atoms with E-state index in [0.717, 1.165) is 12.0 Å². The second-order valence-corrected chi connectivity index (χ2v) is 3.39. The smallest absolute Gasteiger partial charge is 0.180 e.